The van der Waals surface area contributed by atoms with Crippen molar-refractivity contribution in [1.29, 1.82) is 0 Å². The van der Waals surface area contributed by atoms with Crippen LogP contribution in [-0.2, 0) is 14.8 Å². The number of ether oxygens (including phenoxy) is 1. The summed E-state index contributed by atoms with van der Waals surface area (Å²) < 4.78 is 30.8. The number of rotatable bonds is 6. The van der Waals surface area contributed by atoms with E-state index in [0.29, 0.717) is 17.1 Å². The Balaban J connectivity index is 2.31. The molecule has 0 spiro atoms. The summed E-state index contributed by atoms with van der Waals surface area (Å²) in [7, 11) is -2.14. The number of para-hydroxylation sites is 2. The van der Waals surface area contributed by atoms with Gasteiger partial charge in [0.05, 0.1) is 24.7 Å². The summed E-state index contributed by atoms with van der Waals surface area (Å²) in [6.45, 7) is 3.46. The van der Waals surface area contributed by atoms with E-state index in [0.717, 1.165) is 16.1 Å². The maximum Gasteiger partial charge on any atom is 0.248 e. The van der Waals surface area contributed by atoms with E-state index < -0.39 is 22.0 Å². The van der Waals surface area contributed by atoms with Gasteiger partial charge >= 0.3 is 0 Å². The van der Waals surface area contributed by atoms with Crippen LogP contribution in [0.3, 0.4) is 0 Å². The molecule has 0 aliphatic rings. The van der Waals surface area contributed by atoms with Crippen molar-refractivity contribution in [2.24, 2.45) is 0 Å². The molecule has 0 saturated heterocycles. The first-order chi connectivity index (χ1) is 11.7. The molecule has 0 aliphatic carbocycles. The van der Waals surface area contributed by atoms with Crippen molar-refractivity contribution in [3.63, 3.8) is 0 Å². The highest BCUT2D eigenvalue weighted by atomic mass is 32.2. The minimum Gasteiger partial charge on any atom is -0.495 e. The molecule has 0 bridgehead atoms. The van der Waals surface area contributed by atoms with Gasteiger partial charge < -0.3 is 10.1 Å². The molecule has 1 atom stereocenters. The van der Waals surface area contributed by atoms with Crippen molar-refractivity contribution < 1.29 is 17.9 Å². The second-order valence-electron chi connectivity index (χ2n) is 5.76. The van der Waals surface area contributed by atoms with Gasteiger partial charge in [-0.25, -0.2) is 8.42 Å². The Hall–Kier alpha value is -2.54. The number of nitrogens with zero attached hydrogens (tertiary/aromatic N) is 1. The van der Waals surface area contributed by atoms with Crippen molar-refractivity contribution in [2.45, 2.75) is 19.9 Å². The Labute approximate surface area is 148 Å². The number of hydrogen-bond acceptors (Lipinski definition) is 4. The number of aryl methyl sites for hydroxylation is 1. The molecule has 6 nitrogen and oxygen atoms in total. The highest BCUT2D eigenvalue weighted by molar-refractivity contribution is 7.92. The zero-order valence-electron chi connectivity index (χ0n) is 14.7. The topological polar surface area (TPSA) is 75.7 Å². The lowest BCUT2D eigenvalue weighted by Crippen LogP contribution is -2.45. The first kappa shape index (κ1) is 18.8. The number of carbonyl (C=O) groups excluding carboxylic acids is 1. The van der Waals surface area contributed by atoms with Crippen LogP contribution < -0.4 is 14.4 Å². The number of amides is 1. The number of hydrogen-bond donors (Lipinski definition) is 1. The van der Waals surface area contributed by atoms with Gasteiger partial charge in [0.2, 0.25) is 15.9 Å². The highest BCUT2D eigenvalue weighted by Gasteiger charge is 2.29. The van der Waals surface area contributed by atoms with Crippen molar-refractivity contribution in [3.8, 4) is 5.75 Å². The SMILES string of the molecule is COc1ccccc1NC(=O)[C@H](C)N(c1ccc(C)cc1)S(C)(=O)=O. The maximum atomic E-state index is 12.6. The number of nitrogens with one attached hydrogen (secondary N) is 1. The third-order valence-electron chi connectivity index (χ3n) is 3.74. The first-order valence-corrected chi connectivity index (χ1v) is 9.59. The summed E-state index contributed by atoms with van der Waals surface area (Å²) in [6, 6.07) is 13.0. The van der Waals surface area contributed by atoms with Crippen molar-refractivity contribution >= 4 is 27.3 Å². The Morgan fingerprint density at radius 1 is 1.12 bits per heavy atom. The first-order valence-electron chi connectivity index (χ1n) is 7.74. The molecule has 0 saturated carbocycles. The average molecular weight is 362 g/mol. The Morgan fingerprint density at radius 3 is 2.28 bits per heavy atom. The summed E-state index contributed by atoms with van der Waals surface area (Å²) in [4.78, 5) is 12.6. The van der Waals surface area contributed by atoms with Gasteiger partial charge in [0.15, 0.2) is 0 Å². The van der Waals surface area contributed by atoms with Gasteiger partial charge in [0.1, 0.15) is 11.8 Å². The van der Waals surface area contributed by atoms with E-state index in [9.17, 15) is 13.2 Å². The van der Waals surface area contributed by atoms with Crippen LogP contribution in [0.15, 0.2) is 48.5 Å². The summed E-state index contributed by atoms with van der Waals surface area (Å²) in [5.74, 6) is 0.0554. The zero-order valence-corrected chi connectivity index (χ0v) is 15.5. The Morgan fingerprint density at radius 2 is 1.72 bits per heavy atom. The number of methoxy groups -OCH3 is 1. The Bertz CT molecular complexity index is 848. The fraction of sp³-hybridized carbons (Fsp3) is 0.278. The second-order valence-corrected chi connectivity index (χ2v) is 7.62. The zero-order chi connectivity index (χ0) is 18.6. The summed E-state index contributed by atoms with van der Waals surface area (Å²) in [5, 5.41) is 2.72. The van der Waals surface area contributed by atoms with Crippen LogP contribution in [0.4, 0.5) is 11.4 Å². The van der Waals surface area contributed by atoms with Crippen molar-refractivity contribution in [3.05, 3.63) is 54.1 Å². The largest absolute Gasteiger partial charge is 0.495 e. The van der Waals surface area contributed by atoms with Gasteiger partial charge in [-0.2, -0.15) is 0 Å². The number of benzene rings is 2. The molecule has 0 fully saturated rings. The van der Waals surface area contributed by atoms with Crippen LogP contribution >= 0.6 is 0 Å². The van der Waals surface area contributed by atoms with E-state index in [1.807, 2.05) is 6.92 Å². The Kier molecular flexibility index (Phi) is 5.69. The van der Waals surface area contributed by atoms with E-state index in [2.05, 4.69) is 5.32 Å². The fourth-order valence-electron chi connectivity index (χ4n) is 2.49. The van der Waals surface area contributed by atoms with E-state index in [1.54, 1.807) is 55.5 Å². The molecule has 134 valence electrons. The standard InChI is InChI=1S/C18H22N2O4S/c1-13-9-11-15(12-10-13)20(25(4,22)23)14(2)18(21)19-16-7-5-6-8-17(16)24-3/h5-12,14H,1-4H3,(H,19,21)/t14-/m0/s1. The van der Waals surface area contributed by atoms with Crippen LogP contribution in [0.25, 0.3) is 0 Å². The van der Waals surface area contributed by atoms with Gasteiger partial charge in [0.25, 0.3) is 0 Å². The molecule has 0 unspecified atom stereocenters. The van der Waals surface area contributed by atoms with Crippen LogP contribution in [0.2, 0.25) is 0 Å². The third kappa shape index (κ3) is 4.51. The van der Waals surface area contributed by atoms with Gasteiger partial charge in [-0.15, -0.1) is 0 Å². The number of carbonyl (C=O) groups is 1. The minimum atomic E-state index is -3.64. The van der Waals surface area contributed by atoms with Gasteiger partial charge in [0, 0.05) is 0 Å². The summed E-state index contributed by atoms with van der Waals surface area (Å²) in [5.41, 5.74) is 1.93. The van der Waals surface area contributed by atoms with E-state index in [4.69, 9.17) is 4.74 Å². The lowest BCUT2D eigenvalue weighted by Gasteiger charge is -2.28. The van der Waals surface area contributed by atoms with Gasteiger partial charge in [-0.3, -0.25) is 9.10 Å². The minimum absolute atomic E-state index is 0.441. The van der Waals surface area contributed by atoms with Gasteiger partial charge in [-0.1, -0.05) is 29.8 Å². The van der Waals surface area contributed by atoms with E-state index >= 15 is 0 Å². The molecule has 0 radical (unpaired) electrons. The maximum absolute atomic E-state index is 12.6. The molecular weight excluding hydrogens is 340 g/mol. The predicted octanol–water partition coefficient (Wildman–Crippen LogP) is 2.80. The monoisotopic (exact) mass is 362 g/mol. The van der Waals surface area contributed by atoms with Crippen molar-refractivity contribution in [2.75, 3.05) is 23.0 Å². The molecule has 2 aromatic carbocycles. The van der Waals surface area contributed by atoms with E-state index in [1.165, 1.54) is 7.11 Å². The van der Waals surface area contributed by atoms with Crippen LogP contribution in [0.5, 0.6) is 5.75 Å². The smallest absolute Gasteiger partial charge is 0.248 e. The predicted molar refractivity (Wildman–Crippen MR) is 99.6 cm³/mol. The van der Waals surface area contributed by atoms with Gasteiger partial charge in [-0.05, 0) is 38.1 Å². The van der Waals surface area contributed by atoms with Crippen molar-refractivity contribution in [1.82, 2.24) is 0 Å². The molecule has 0 aliphatic heterocycles. The molecular formula is C18H22N2O4S. The van der Waals surface area contributed by atoms with Crippen LogP contribution in [0, 0.1) is 6.92 Å². The molecule has 7 heteroatoms. The molecule has 2 aromatic rings. The number of anilines is 2. The lowest BCUT2D eigenvalue weighted by atomic mass is 10.2. The highest BCUT2D eigenvalue weighted by Crippen LogP contribution is 2.25. The molecule has 0 heterocycles. The normalized spacial score (nSPS) is 12.3. The summed E-state index contributed by atoms with van der Waals surface area (Å²) in [6.07, 6.45) is 1.08. The second kappa shape index (κ2) is 7.57. The van der Waals surface area contributed by atoms with Crippen LogP contribution in [-0.4, -0.2) is 33.7 Å². The lowest BCUT2D eigenvalue weighted by molar-refractivity contribution is -0.116. The molecule has 0 aromatic heterocycles. The summed E-state index contributed by atoms with van der Waals surface area (Å²) >= 11 is 0. The molecule has 1 amide bonds. The average Bonchev–Trinajstić information content (AvgIpc) is 2.56. The molecule has 1 N–H and O–H groups in total. The molecule has 2 rings (SSSR count). The number of sulfonamides is 1. The fourth-order valence-corrected chi connectivity index (χ4v) is 3.66. The van der Waals surface area contributed by atoms with E-state index in [-0.39, 0.29) is 0 Å². The third-order valence-corrected chi connectivity index (χ3v) is 4.98. The molecule has 25 heavy (non-hydrogen) atoms. The van der Waals surface area contributed by atoms with Crippen LogP contribution in [0.1, 0.15) is 12.5 Å². The quantitative estimate of drug-likeness (QED) is 0.857.